The summed E-state index contributed by atoms with van der Waals surface area (Å²) in [5.74, 6) is 0. The third-order valence-corrected chi connectivity index (χ3v) is 5.67. The Morgan fingerprint density at radius 2 is 2.12 bits per heavy atom. The van der Waals surface area contributed by atoms with Gasteiger partial charge in [0.1, 0.15) is 10.6 Å². The van der Waals surface area contributed by atoms with Crippen molar-refractivity contribution in [3.8, 4) is 11.3 Å². The molecule has 2 fully saturated rings. The average Bonchev–Trinajstić information content (AvgIpc) is 3.15. The summed E-state index contributed by atoms with van der Waals surface area (Å²) >= 11 is 1.72. The second-order valence-corrected chi connectivity index (χ2v) is 7.49. The fourth-order valence-corrected chi connectivity index (χ4v) is 4.32. The van der Waals surface area contributed by atoms with E-state index in [4.69, 9.17) is 9.72 Å². The highest BCUT2D eigenvalue weighted by Crippen LogP contribution is 2.30. The van der Waals surface area contributed by atoms with Crippen LogP contribution in [0.4, 0.5) is 4.79 Å². The van der Waals surface area contributed by atoms with Crippen molar-refractivity contribution in [2.45, 2.75) is 31.4 Å². The fourth-order valence-electron chi connectivity index (χ4n) is 3.48. The Morgan fingerprint density at radius 1 is 1.25 bits per heavy atom. The lowest BCUT2D eigenvalue weighted by Gasteiger charge is -2.24. The molecule has 1 unspecified atom stereocenters. The van der Waals surface area contributed by atoms with Crippen molar-refractivity contribution in [2.75, 3.05) is 19.6 Å². The molecule has 0 aliphatic carbocycles. The Labute approximate surface area is 145 Å². The average molecular weight is 343 g/mol. The number of likely N-dealkylation sites (tertiary alicyclic amines) is 1. The van der Waals surface area contributed by atoms with Crippen LogP contribution in [0.1, 0.15) is 24.3 Å². The standard InChI is InChI=1S/C18H21N3O2S/c22-17-19-13-18(23-17)7-4-9-21(10-8-18)11-16-20-15(12-24-16)14-5-2-1-3-6-14/h1-3,5-6,12H,4,7-11,13H2,(H,19,22). The topological polar surface area (TPSA) is 54.5 Å². The molecule has 1 amide bonds. The lowest BCUT2D eigenvalue weighted by atomic mass is 9.95. The predicted octanol–water partition coefficient (Wildman–Crippen LogP) is 3.27. The second-order valence-electron chi connectivity index (χ2n) is 6.55. The highest BCUT2D eigenvalue weighted by atomic mass is 32.1. The van der Waals surface area contributed by atoms with Crippen LogP contribution in [0.3, 0.4) is 0 Å². The smallest absolute Gasteiger partial charge is 0.407 e. The number of carbonyl (C=O) groups excluding carboxylic acids is 1. The minimum absolute atomic E-state index is 0.268. The van der Waals surface area contributed by atoms with Crippen LogP contribution in [-0.2, 0) is 11.3 Å². The van der Waals surface area contributed by atoms with Gasteiger partial charge in [-0.15, -0.1) is 11.3 Å². The first-order valence-corrected chi connectivity index (χ1v) is 9.29. The lowest BCUT2D eigenvalue weighted by Crippen LogP contribution is -2.34. The van der Waals surface area contributed by atoms with Crippen molar-refractivity contribution in [1.29, 1.82) is 0 Å². The van der Waals surface area contributed by atoms with Crippen LogP contribution in [0.25, 0.3) is 11.3 Å². The van der Waals surface area contributed by atoms with Gasteiger partial charge in [-0.1, -0.05) is 30.3 Å². The number of nitrogens with one attached hydrogen (secondary N) is 1. The zero-order chi connectivity index (χ0) is 16.4. The number of benzene rings is 1. The highest BCUT2D eigenvalue weighted by molar-refractivity contribution is 7.09. The number of rotatable bonds is 3. The molecule has 4 rings (SSSR count). The minimum atomic E-state index is -0.288. The molecule has 1 aromatic heterocycles. The summed E-state index contributed by atoms with van der Waals surface area (Å²) < 4.78 is 5.54. The molecule has 2 aromatic rings. The number of ether oxygens (including phenoxy) is 1. The van der Waals surface area contributed by atoms with E-state index in [1.54, 1.807) is 11.3 Å². The minimum Gasteiger partial charge on any atom is -0.441 e. The molecule has 2 aliphatic rings. The first-order valence-electron chi connectivity index (χ1n) is 8.42. The quantitative estimate of drug-likeness (QED) is 0.929. The Bertz CT molecular complexity index is 718. The number of thiazole rings is 1. The molecule has 1 atom stereocenters. The van der Waals surface area contributed by atoms with Crippen molar-refractivity contribution in [3.05, 3.63) is 40.7 Å². The third kappa shape index (κ3) is 3.30. The predicted molar refractivity (Wildman–Crippen MR) is 93.9 cm³/mol. The summed E-state index contributed by atoms with van der Waals surface area (Å²) in [6.07, 6.45) is 2.61. The molecule has 0 bridgehead atoms. The van der Waals surface area contributed by atoms with Gasteiger partial charge in [-0.3, -0.25) is 4.90 Å². The van der Waals surface area contributed by atoms with E-state index in [1.807, 2.05) is 18.2 Å². The summed E-state index contributed by atoms with van der Waals surface area (Å²) in [6, 6.07) is 10.3. The maximum Gasteiger partial charge on any atom is 0.407 e. The van der Waals surface area contributed by atoms with Crippen LogP contribution in [0.15, 0.2) is 35.7 Å². The molecular weight excluding hydrogens is 322 g/mol. The Hall–Kier alpha value is -1.92. The summed E-state index contributed by atoms with van der Waals surface area (Å²) in [6.45, 7) is 3.48. The van der Waals surface area contributed by atoms with E-state index in [0.29, 0.717) is 6.54 Å². The first kappa shape index (κ1) is 15.6. The molecule has 1 spiro atoms. The molecule has 1 N–H and O–H groups in total. The SMILES string of the molecule is O=C1NCC2(CCCN(Cc3nc(-c4ccccc4)cs3)CC2)O1. The summed E-state index contributed by atoms with van der Waals surface area (Å²) in [5.41, 5.74) is 1.93. The van der Waals surface area contributed by atoms with E-state index in [1.165, 1.54) is 5.56 Å². The zero-order valence-corrected chi connectivity index (χ0v) is 14.3. The molecule has 6 heteroatoms. The third-order valence-electron chi connectivity index (χ3n) is 4.83. The van der Waals surface area contributed by atoms with Crippen molar-refractivity contribution >= 4 is 17.4 Å². The Morgan fingerprint density at radius 3 is 2.92 bits per heavy atom. The normalized spacial score (nSPS) is 24.6. The highest BCUT2D eigenvalue weighted by Gasteiger charge is 2.41. The summed E-state index contributed by atoms with van der Waals surface area (Å²) in [4.78, 5) is 18.6. The summed E-state index contributed by atoms with van der Waals surface area (Å²) in [7, 11) is 0. The number of nitrogens with zero attached hydrogens (tertiary/aromatic N) is 2. The molecule has 0 radical (unpaired) electrons. The van der Waals surface area contributed by atoms with Gasteiger partial charge in [0.25, 0.3) is 0 Å². The van der Waals surface area contributed by atoms with Crippen molar-refractivity contribution < 1.29 is 9.53 Å². The maximum atomic E-state index is 11.4. The van der Waals surface area contributed by atoms with Gasteiger partial charge in [0.2, 0.25) is 0 Å². The molecule has 2 aliphatic heterocycles. The van der Waals surface area contributed by atoms with E-state index in [9.17, 15) is 4.79 Å². The van der Waals surface area contributed by atoms with Crippen LogP contribution in [0.2, 0.25) is 0 Å². The van der Waals surface area contributed by atoms with Crippen LogP contribution in [0.5, 0.6) is 0 Å². The molecule has 24 heavy (non-hydrogen) atoms. The second kappa shape index (κ2) is 6.53. The molecule has 0 saturated carbocycles. The van der Waals surface area contributed by atoms with E-state index in [2.05, 4.69) is 27.7 Å². The fraction of sp³-hybridized carbons (Fsp3) is 0.444. The van der Waals surface area contributed by atoms with Crippen LogP contribution in [-0.4, -0.2) is 41.2 Å². The van der Waals surface area contributed by atoms with Crippen LogP contribution < -0.4 is 5.32 Å². The maximum absolute atomic E-state index is 11.4. The molecule has 3 heterocycles. The lowest BCUT2D eigenvalue weighted by molar-refractivity contribution is 0.0443. The van der Waals surface area contributed by atoms with Crippen molar-refractivity contribution in [3.63, 3.8) is 0 Å². The van der Waals surface area contributed by atoms with Gasteiger partial charge in [0, 0.05) is 23.9 Å². The number of alkyl carbamates (subject to hydrolysis) is 1. The van der Waals surface area contributed by atoms with Crippen LogP contribution >= 0.6 is 11.3 Å². The molecule has 2 saturated heterocycles. The monoisotopic (exact) mass is 343 g/mol. The molecule has 126 valence electrons. The van der Waals surface area contributed by atoms with Gasteiger partial charge in [0.15, 0.2) is 0 Å². The summed E-state index contributed by atoms with van der Waals surface area (Å²) in [5, 5.41) is 6.08. The Balaban J connectivity index is 1.39. The van der Waals surface area contributed by atoms with Gasteiger partial charge in [-0.2, -0.15) is 0 Å². The zero-order valence-electron chi connectivity index (χ0n) is 13.5. The number of aromatic nitrogens is 1. The van der Waals surface area contributed by atoms with Gasteiger partial charge in [-0.05, 0) is 19.4 Å². The van der Waals surface area contributed by atoms with E-state index in [-0.39, 0.29) is 11.7 Å². The molecular formula is C18H21N3O2S. The largest absolute Gasteiger partial charge is 0.441 e. The van der Waals surface area contributed by atoms with E-state index >= 15 is 0 Å². The molecule has 1 aromatic carbocycles. The number of hydrogen-bond donors (Lipinski definition) is 1. The van der Waals surface area contributed by atoms with Gasteiger partial charge in [0.05, 0.1) is 18.8 Å². The van der Waals surface area contributed by atoms with E-state index < -0.39 is 0 Å². The number of carbonyl (C=O) groups is 1. The van der Waals surface area contributed by atoms with Gasteiger partial charge < -0.3 is 10.1 Å². The van der Waals surface area contributed by atoms with E-state index in [0.717, 1.165) is 49.6 Å². The van der Waals surface area contributed by atoms with Crippen molar-refractivity contribution in [1.82, 2.24) is 15.2 Å². The van der Waals surface area contributed by atoms with Crippen molar-refractivity contribution in [2.24, 2.45) is 0 Å². The Kier molecular flexibility index (Phi) is 4.24. The number of hydrogen-bond acceptors (Lipinski definition) is 5. The first-order chi connectivity index (χ1) is 11.7. The van der Waals surface area contributed by atoms with Gasteiger partial charge in [-0.25, -0.2) is 9.78 Å². The van der Waals surface area contributed by atoms with Gasteiger partial charge >= 0.3 is 6.09 Å². The molecule has 5 nitrogen and oxygen atoms in total. The number of amides is 1. The van der Waals surface area contributed by atoms with Crippen LogP contribution in [0, 0.1) is 0 Å².